The lowest BCUT2D eigenvalue weighted by molar-refractivity contribution is -0.121. The molecule has 4 atom stereocenters. The highest BCUT2D eigenvalue weighted by Crippen LogP contribution is 2.50. The average Bonchev–Trinajstić information content (AvgIpc) is 3.63. The van der Waals surface area contributed by atoms with Crippen LogP contribution in [-0.2, 0) is 30.5 Å². The maximum absolute atomic E-state index is 14.0. The SMILES string of the molecule is CCCCC(CC(=O)CN1C[C@H](c2ccc3c(c2)CCO3)[C@H](C2CCC2)[C@@H]1CCc1ccncn1)Cc1cccc(CC)c1. The van der Waals surface area contributed by atoms with Crippen LogP contribution in [0.25, 0.3) is 0 Å². The van der Waals surface area contributed by atoms with Crippen molar-refractivity contribution < 1.29 is 9.53 Å². The van der Waals surface area contributed by atoms with Gasteiger partial charge in [-0.2, -0.15) is 0 Å². The highest BCUT2D eigenvalue weighted by molar-refractivity contribution is 5.80. The van der Waals surface area contributed by atoms with Crippen molar-refractivity contribution >= 4 is 5.78 Å². The molecule has 5 nitrogen and oxygen atoms in total. The minimum absolute atomic E-state index is 0.393. The fourth-order valence-electron chi connectivity index (χ4n) is 8.26. The van der Waals surface area contributed by atoms with Gasteiger partial charge in [-0.1, -0.05) is 82.3 Å². The number of hydrogen-bond acceptors (Lipinski definition) is 5. The molecule has 2 aliphatic heterocycles. The van der Waals surface area contributed by atoms with Gasteiger partial charge >= 0.3 is 0 Å². The summed E-state index contributed by atoms with van der Waals surface area (Å²) >= 11 is 0. The second kappa shape index (κ2) is 14.8. The molecule has 1 aromatic heterocycles. The molecule has 5 heteroatoms. The Hall–Kier alpha value is -3.05. The molecule has 44 heavy (non-hydrogen) atoms. The van der Waals surface area contributed by atoms with Crippen LogP contribution in [0.2, 0.25) is 0 Å². The molecule has 2 aromatic carbocycles. The zero-order chi connectivity index (χ0) is 30.3. The molecule has 3 aromatic rings. The molecule has 0 spiro atoms. The first-order chi connectivity index (χ1) is 21.6. The summed E-state index contributed by atoms with van der Waals surface area (Å²) in [6.45, 7) is 6.81. The first-order valence-corrected chi connectivity index (χ1v) is 17.4. The third kappa shape index (κ3) is 7.42. The Morgan fingerprint density at radius 1 is 1.09 bits per heavy atom. The van der Waals surface area contributed by atoms with E-state index < -0.39 is 0 Å². The second-order valence-corrected chi connectivity index (χ2v) is 13.7. The number of Topliss-reactive ketones (excluding diaryl/α,β-unsaturated/α-hetero) is 1. The van der Waals surface area contributed by atoms with Gasteiger partial charge in [-0.05, 0) is 84.2 Å². The van der Waals surface area contributed by atoms with E-state index in [9.17, 15) is 4.79 Å². The van der Waals surface area contributed by atoms with Gasteiger partial charge < -0.3 is 4.74 Å². The lowest BCUT2D eigenvalue weighted by Crippen LogP contribution is -2.40. The van der Waals surface area contributed by atoms with Gasteiger partial charge in [0.15, 0.2) is 0 Å². The molecular weight excluding hydrogens is 542 g/mol. The molecule has 0 radical (unpaired) electrons. The molecule has 3 aliphatic rings. The van der Waals surface area contributed by atoms with Crippen LogP contribution >= 0.6 is 0 Å². The Balaban J connectivity index is 1.22. The van der Waals surface area contributed by atoms with Gasteiger partial charge in [-0.3, -0.25) is 9.69 Å². The van der Waals surface area contributed by atoms with Crippen molar-refractivity contribution in [3.8, 4) is 5.75 Å². The Morgan fingerprint density at radius 2 is 1.98 bits per heavy atom. The smallest absolute Gasteiger partial charge is 0.147 e. The number of hydrogen-bond donors (Lipinski definition) is 0. The Bertz CT molecular complexity index is 1370. The Labute approximate surface area is 264 Å². The summed E-state index contributed by atoms with van der Waals surface area (Å²) < 4.78 is 5.86. The van der Waals surface area contributed by atoms with Crippen molar-refractivity contribution in [3.05, 3.63) is 89.0 Å². The van der Waals surface area contributed by atoms with E-state index in [1.54, 1.807) is 6.33 Å². The van der Waals surface area contributed by atoms with Crippen LogP contribution in [0.5, 0.6) is 5.75 Å². The summed E-state index contributed by atoms with van der Waals surface area (Å²) in [7, 11) is 0. The van der Waals surface area contributed by atoms with Crippen LogP contribution in [0.15, 0.2) is 61.1 Å². The lowest BCUT2D eigenvalue weighted by Gasteiger charge is -2.39. The van der Waals surface area contributed by atoms with Crippen molar-refractivity contribution in [1.29, 1.82) is 0 Å². The highest BCUT2D eigenvalue weighted by Gasteiger charge is 2.47. The van der Waals surface area contributed by atoms with E-state index in [1.807, 2.05) is 12.3 Å². The number of rotatable bonds is 15. The van der Waals surface area contributed by atoms with Gasteiger partial charge in [0.2, 0.25) is 0 Å². The van der Waals surface area contributed by atoms with Crippen molar-refractivity contribution in [2.75, 3.05) is 19.7 Å². The summed E-state index contributed by atoms with van der Waals surface area (Å²) in [6, 6.07) is 18.4. The van der Waals surface area contributed by atoms with Crippen LogP contribution in [-0.4, -0.2) is 46.4 Å². The average molecular weight is 594 g/mol. The van der Waals surface area contributed by atoms with Crippen molar-refractivity contribution in [2.24, 2.45) is 17.8 Å². The molecule has 1 saturated heterocycles. The minimum Gasteiger partial charge on any atom is -0.493 e. The third-order valence-electron chi connectivity index (χ3n) is 10.8. The topological polar surface area (TPSA) is 55.3 Å². The third-order valence-corrected chi connectivity index (χ3v) is 10.8. The van der Waals surface area contributed by atoms with E-state index in [4.69, 9.17) is 4.74 Å². The summed E-state index contributed by atoms with van der Waals surface area (Å²) in [6.07, 6.45) is 16.7. The number of carbonyl (C=O) groups excluding carboxylic acids is 1. The number of aromatic nitrogens is 2. The molecule has 234 valence electrons. The van der Waals surface area contributed by atoms with Gasteiger partial charge in [0.05, 0.1) is 13.2 Å². The fourth-order valence-corrected chi connectivity index (χ4v) is 8.26. The number of nitrogens with zero attached hydrogens (tertiary/aromatic N) is 3. The second-order valence-electron chi connectivity index (χ2n) is 13.7. The van der Waals surface area contributed by atoms with E-state index >= 15 is 0 Å². The van der Waals surface area contributed by atoms with E-state index in [0.717, 1.165) is 69.0 Å². The molecule has 0 N–H and O–H groups in total. The van der Waals surface area contributed by atoms with Gasteiger partial charge in [0.1, 0.15) is 17.9 Å². The highest BCUT2D eigenvalue weighted by atomic mass is 16.5. The number of likely N-dealkylation sites (tertiary alicyclic amines) is 1. The van der Waals surface area contributed by atoms with Crippen LogP contribution in [0.1, 0.15) is 99.1 Å². The molecule has 1 aliphatic carbocycles. The normalized spacial score (nSPS) is 22.4. The molecule has 6 rings (SSSR count). The molecule has 1 unspecified atom stereocenters. The number of unbranched alkanes of at least 4 members (excludes halogenated alkanes) is 1. The molecule has 2 fully saturated rings. The monoisotopic (exact) mass is 593 g/mol. The molecule has 3 heterocycles. The zero-order valence-corrected chi connectivity index (χ0v) is 26.9. The van der Waals surface area contributed by atoms with Crippen molar-refractivity contribution in [2.45, 2.75) is 103 Å². The predicted octanol–water partition coefficient (Wildman–Crippen LogP) is 7.80. The molecular formula is C39H51N3O2. The molecule has 0 amide bonds. The molecule has 1 saturated carbocycles. The van der Waals surface area contributed by atoms with Crippen LogP contribution < -0.4 is 4.74 Å². The summed E-state index contributed by atoms with van der Waals surface area (Å²) in [5, 5.41) is 0. The molecule has 0 bridgehead atoms. The zero-order valence-electron chi connectivity index (χ0n) is 26.9. The predicted molar refractivity (Wildman–Crippen MR) is 177 cm³/mol. The van der Waals surface area contributed by atoms with Crippen LogP contribution in [0.3, 0.4) is 0 Å². The minimum atomic E-state index is 0.393. The summed E-state index contributed by atoms with van der Waals surface area (Å²) in [4.78, 5) is 25.3. The number of ether oxygens (including phenoxy) is 1. The number of fused-ring (bicyclic) bond motifs is 1. The van der Waals surface area contributed by atoms with Gasteiger partial charge in [-0.25, -0.2) is 9.97 Å². The number of ketones is 1. The summed E-state index contributed by atoms with van der Waals surface area (Å²) in [5.41, 5.74) is 6.68. The first-order valence-electron chi connectivity index (χ1n) is 17.4. The van der Waals surface area contributed by atoms with E-state index in [0.29, 0.717) is 42.5 Å². The fraction of sp³-hybridized carbons (Fsp3) is 0.564. The van der Waals surface area contributed by atoms with Crippen LogP contribution in [0.4, 0.5) is 0 Å². The van der Waals surface area contributed by atoms with Crippen molar-refractivity contribution in [1.82, 2.24) is 14.9 Å². The van der Waals surface area contributed by atoms with E-state index in [1.165, 1.54) is 54.4 Å². The number of carbonyl (C=O) groups is 1. The largest absolute Gasteiger partial charge is 0.493 e. The summed E-state index contributed by atoms with van der Waals surface area (Å²) in [5.74, 6) is 3.66. The van der Waals surface area contributed by atoms with Gasteiger partial charge in [0.25, 0.3) is 0 Å². The quantitative estimate of drug-likeness (QED) is 0.180. The van der Waals surface area contributed by atoms with Gasteiger partial charge in [0, 0.05) is 43.2 Å². The Kier molecular flexibility index (Phi) is 10.4. The maximum Gasteiger partial charge on any atom is 0.147 e. The van der Waals surface area contributed by atoms with Crippen molar-refractivity contribution in [3.63, 3.8) is 0 Å². The van der Waals surface area contributed by atoms with Gasteiger partial charge in [-0.15, -0.1) is 0 Å². The Morgan fingerprint density at radius 3 is 2.75 bits per heavy atom. The number of benzene rings is 2. The van der Waals surface area contributed by atoms with Crippen LogP contribution in [0, 0.1) is 17.8 Å². The lowest BCUT2D eigenvalue weighted by atomic mass is 9.67. The first kappa shape index (κ1) is 31.0. The van der Waals surface area contributed by atoms with E-state index in [2.05, 4.69) is 71.2 Å². The number of aryl methyl sites for hydroxylation is 2. The maximum atomic E-state index is 14.0. The standard InChI is InChI=1S/C39H51N3O2/c1-3-5-8-30(22-29-10-6-9-28(4-2)21-29)23-35(43)25-42-26-36(32-13-16-38-33(24-32)18-20-44-38)39(31-11-7-12-31)37(42)15-14-34-17-19-40-27-41-34/h6,9-10,13,16-17,19,21,24,27,30-31,36-37,39H,3-5,7-8,11-12,14-15,18,20,22-23,25-26H2,1-2H3/t30?,36-,37+,39+/m1/s1. The van der Waals surface area contributed by atoms with E-state index in [-0.39, 0.29) is 0 Å².